The molecular formula is C19H24N2O3. The van der Waals surface area contributed by atoms with Crippen LogP contribution in [0.15, 0.2) is 48.5 Å². The van der Waals surface area contributed by atoms with E-state index >= 15 is 0 Å². The lowest BCUT2D eigenvalue weighted by Gasteiger charge is -2.26. The topological polar surface area (TPSA) is 64.8 Å². The fourth-order valence-corrected chi connectivity index (χ4v) is 2.74. The van der Waals surface area contributed by atoms with E-state index in [1.54, 1.807) is 7.11 Å². The molecule has 0 aliphatic rings. The number of carbonyl (C=O) groups excluding carboxylic acids is 1. The van der Waals surface area contributed by atoms with Crippen molar-refractivity contribution in [2.75, 3.05) is 20.8 Å². The lowest BCUT2D eigenvalue weighted by atomic mass is 10.0. The molecule has 0 aromatic heterocycles. The molecule has 0 bridgehead atoms. The molecule has 2 aromatic rings. The number of amides is 1. The van der Waals surface area contributed by atoms with Crippen molar-refractivity contribution < 1.29 is 14.3 Å². The summed E-state index contributed by atoms with van der Waals surface area (Å²) < 4.78 is 10.9. The first-order valence-corrected chi connectivity index (χ1v) is 7.91. The minimum atomic E-state index is -0.483. The molecule has 5 nitrogen and oxygen atoms in total. The third kappa shape index (κ3) is 4.26. The minimum absolute atomic E-state index is 0.374. The van der Waals surface area contributed by atoms with Gasteiger partial charge in [0.25, 0.3) is 0 Å². The van der Waals surface area contributed by atoms with Crippen LogP contribution in [0.25, 0.3) is 0 Å². The number of primary amides is 1. The highest BCUT2D eigenvalue weighted by Crippen LogP contribution is 2.29. The number of nitrogens with zero attached hydrogens (tertiary/aromatic N) is 1. The number of rotatable bonds is 8. The lowest BCUT2D eigenvalue weighted by molar-refractivity contribution is -0.123. The Bertz CT molecular complexity index is 674. The smallest absolute Gasteiger partial charge is 0.239 e. The van der Waals surface area contributed by atoms with Gasteiger partial charge in [-0.15, -0.1) is 0 Å². The van der Waals surface area contributed by atoms with E-state index in [0.29, 0.717) is 24.7 Å². The molecule has 2 aromatic carbocycles. The Kier molecular flexibility index (Phi) is 6.21. The van der Waals surface area contributed by atoms with Crippen molar-refractivity contribution in [1.82, 2.24) is 4.90 Å². The Labute approximate surface area is 143 Å². The van der Waals surface area contributed by atoms with Crippen molar-refractivity contribution in [3.05, 3.63) is 59.7 Å². The predicted molar refractivity (Wildman–Crippen MR) is 94.0 cm³/mol. The molecule has 0 aliphatic carbocycles. The number of methoxy groups -OCH3 is 1. The molecule has 0 heterocycles. The Morgan fingerprint density at radius 3 is 2.46 bits per heavy atom. The van der Waals surface area contributed by atoms with Gasteiger partial charge in [-0.3, -0.25) is 9.69 Å². The van der Waals surface area contributed by atoms with Crippen LogP contribution in [0.4, 0.5) is 0 Å². The number of ether oxygens (including phenoxy) is 2. The van der Waals surface area contributed by atoms with Gasteiger partial charge in [-0.25, -0.2) is 0 Å². The molecule has 0 spiro atoms. The number of hydrogen-bond donors (Lipinski definition) is 1. The fraction of sp³-hybridized carbons (Fsp3) is 0.316. The van der Waals surface area contributed by atoms with Gasteiger partial charge in [-0.1, -0.05) is 36.4 Å². The standard InChI is InChI=1S/C19H24N2O3/c1-4-24-16-11-10-14(12-17(16)23-3)13-21(2)18(19(20)22)15-8-6-5-7-9-15/h5-12,18H,4,13H2,1-3H3,(H2,20,22). The molecule has 2 rings (SSSR count). The third-order valence-corrected chi connectivity index (χ3v) is 3.79. The van der Waals surface area contributed by atoms with Crippen LogP contribution in [0.2, 0.25) is 0 Å². The largest absolute Gasteiger partial charge is 0.493 e. The van der Waals surface area contributed by atoms with Crippen LogP contribution >= 0.6 is 0 Å². The van der Waals surface area contributed by atoms with Crippen molar-refractivity contribution in [2.45, 2.75) is 19.5 Å². The van der Waals surface area contributed by atoms with Crippen molar-refractivity contribution in [1.29, 1.82) is 0 Å². The van der Waals surface area contributed by atoms with E-state index in [0.717, 1.165) is 11.1 Å². The van der Waals surface area contributed by atoms with E-state index in [1.165, 1.54) is 0 Å². The summed E-state index contributed by atoms with van der Waals surface area (Å²) in [5, 5.41) is 0. The molecular weight excluding hydrogens is 304 g/mol. The van der Waals surface area contributed by atoms with Gasteiger partial charge in [0.05, 0.1) is 13.7 Å². The van der Waals surface area contributed by atoms with Gasteiger partial charge in [0.15, 0.2) is 11.5 Å². The van der Waals surface area contributed by atoms with Crippen LogP contribution < -0.4 is 15.2 Å². The first kappa shape index (κ1) is 17.8. The highest BCUT2D eigenvalue weighted by atomic mass is 16.5. The summed E-state index contributed by atoms with van der Waals surface area (Å²) in [5.41, 5.74) is 7.51. The fourth-order valence-electron chi connectivity index (χ4n) is 2.74. The zero-order valence-electron chi connectivity index (χ0n) is 14.4. The Morgan fingerprint density at radius 1 is 1.17 bits per heavy atom. The number of benzene rings is 2. The highest BCUT2D eigenvalue weighted by Gasteiger charge is 2.23. The monoisotopic (exact) mass is 328 g/mol. The molecule has 1 amide bonds. The second-order valence-electron chi connectivity index (χ2n) is 5.55. The number of likely N-dealkylation sites (N-methyl/N-ethyl adjacent to an activating group) is 1. The summed E-state index contributed by atoms with van der Waals surface area (Å²) in [7, 11) is 3.49. The molecule has 24 heavy (non-hydrogen) atoms. The molecule has 0 saturated carbocycles. The van der Waals surface area contributed by atoms with Gasteiger partial charge in [0.1, 0.15) is 6.04 Å². The first-order valence-electron chi connectivity index (χ1n) is 7.91. The molecule has 0 aliphatic heterocycles. The van der Waals surface area contributed by atoms with Gasteiger partial charge in [0.2, 0.25) is 5.91 Å². The van der Waals surface area contributed by atoms with E-state index in [-0.39, 0.29) is 5.91 Å². The number of carbonyl (C=O) groups is 1. The lowest BCUT2D eigenvalue weighted by Crippen LogP contribution is -2.34. The van der Waals surface area contributed by atoms with Crippen molar-refractivity contribution in [3.8, 4) is 11.5 Å². The van der Waals surface area contributed by atoms with Gasteiger partial charge < -0.3 is 15.2 Å². The maximum Gasteiger partial charge on any atom is 0.239 e. The highest BCUT2D eigenvalue weighted by molar-refractivity contribution is 5.81. The average Bonchev–Trinajstić information content (AvgIpc) is 2.57. The summed E-state index contributed by atoms with van der Waals surface area (Å²) in [6, 6.07) is 14.8. The van der Waals surface area contributed by atoms with Crippen LogP contribution in [0.1, 0.15) is 24.1 Å². The van der Waals surface area contributed by atoms with E-state index < -0.39 is 6.04 Å². The summed E-state index contributed by atoms with van der Waals surface area (Å²) in [5.74, 6) is 1.01. The van der Waals surface area contributed by atoms with Gasteiger partial charge in [-0.2, -0.15) is 0 Å². The molecule has 2 N–H and O–H groups in total. The van der Waals surface area contributed by atoms with E-state index in [1.807, 2.05) is 67.4 Å². The summed E-state index contributed by atoms with van der Waals surface area (Å²) in [6.07, 6.45) is 0. The second kappa shape index (κ2) is 8.36. The average molecular weight is 328 g/mol. The van der Waals surface area contributed by atoms with Crippen LogP contribution in [-0.4, -0.2) is 31.6 Å². The van der Waals surface area contributed by atoms with Gasteiger partial charge in [0, 0.05) is 6.54 Å². The molecule has 0 radical (unpaired) electrons. The summed E-state index contributed by atoms with van der Waals surface area (Å²) in [6.45, 7) is 3.07. The quantitative estimate of drug-likeness (QED) is 0.809. The molecule has 5 heteroatoms. The van der Waals surface area contributed by atoms with Crippen molar-refractivity contribution >= 4 is 5.91 Å². The Morgan fingerprint density at radius 2 is 1.88 bits per heavy atom. The van der Waals surface area contributed by atoms with E-state index in [4.69, 9.17) is 15.2 Å². The van der Waals surface area contributed by atoms with E-state index in [9.17, 15) is 4.79 Å². The normalized spacial score (nSPS) is 12.0. The predicted octanol–water partition coefficient (Wildman–Crippen LogP) is 2.75. The van der Waals surface area contributed by atoms with Gasteiger partial charge in [-0.05, 0) is 37.2 Å². The molecule has 0 saturated heterocycles. The van der Waals surface area contributed by atoms with Crippen LogP contribution in [0, 0.1) is 0 Å². The first-order chi connectivity index (χ1) is 11.6. The second-order valence-corrected chi connectivity index (χ2v) is 5.55. The summed E-state index contributed by atoms with van der Waals surface area (Å²) >= 11 is 0. The molecule has 128 valence electrons. The van der Waals surface area contributed by atoms with Crippen LogP contribution in [0.5, 0.6) is 11.5 Å². The maximum absolute atomic E-state index is 11.9. The molecule has 0 fully saturated rings. The summed E-state index contributed by atoms with van der Waals surface area (Å²) in [4.78, 5) is 13.9. The van der Waals surface area contributed by atoms with Crippen molar-refractivity contribution in [2.24, 2.45) is 5.73 Å². The zero-order valence-corrected chi connectivity index (χ0v) is 14.4. The SMILES string of the molecule is CCOc1ccc(CN(C)C(C(N)=O)c2ccccc2)cc1OC. The van der Waals surface area contributed by atoms with Crippen LogP contribution in [-0.2, 0) is 11.3 Å². The zero-order chi connectivity index (χ0) is 17.5. The third-order valence-electron chi connectivity index (χ3n) is 3.79. The maximum atomic E-state index is 11.9. The van der Waals surface area contributed by atoms with Crippen LogP contribution in [0.3, 0.4) is 0 Å². The number of hydrogen-bond acceptors (Lipinski definition) is 4. The Balaban J connectivity index is 2.21. The molecule has 1 atom stereocenters. The molecule has 1 unspecified atom stereocenters. The van der Waals surface area contributed by atoms with E-state index in [2.05, 4.69) is 0 Å². The minimum Gasteiger partial charge on any atom is -0.493 e. The Hall–Kier alpha value is -2.53. The number of nitrogens with two attached hydrogens (primary N) is 1. The van der Waals surface area contributed by atoms with Crippen molar-refractivity contribution in [3.63, 3.8) is 0 Å². The van der Waals surface area contributed by atoms with Gasteiger partial charge >= 0.3 is 0 Å².